The summed E-state index contributed by atoms with van der Waals surface area (Å²) in [5, 5.41) is 1.14. The van der Waals surface area contributed by atoms with Crippen molar-refractivity contribution in [2.75, 3.05) is 0 Å². The summed E-state index contributed by atoms with van der Waals surface area (Å²) in [5.74, 6) is 0.185. The molecule has 4 nitrogen and oxygen atoms in total. The molecular weight excluding hydrogens is 303 g/mol. The molecular formula is C19H20FN4+. The number of benzene rings is 1. The van der Waals surface area contributed by atoms with Crippen LogP contribution in [0.3, 0.4) is 0 Å². The number of amidine groups is 1. The maximum Gasteiger partial charge on any atom is 0.193 e. The van der Waals surface area contributed by atoms with E-state index in [-0.39, 0.29) is 5.82 Å². The Morgan fingerprint density at radius 1 is 1.33 bits per heavy atom. The Morgan fingerprint density at radius 2 is 2.17 bits per heavy atom. The summed E-state index contributed by atoms with van der Waals surface area (Å²) in [6.07, 6.45) is 8.20. The Balaban J connectivity index is 1.63. The zero-order valence-corrected chi connectivity index (χ0v) is 13.6. The molecule has 0 atom stereocenters. The summed E-state index contributed by atoms with van der Waals surface area (Å²) in [6, 6.07) is 9.57. The monoisotopic (exact) mass is 323 g/mol. The average molecular weight is 323 g/mol. The smallest absolute Gasteiger partial charge is 0.193 e. The van der Waals surface area contributed by atoms with Gasteiger partial charge in [-0.1, -0.05) is 12.1 Å². The van der Waals surface area contributed by atoms with Crippen LogP contribution in [0.4, 0.5) is 4.39 Å². The van der Waals surface area contributed by atoms with Gasteiger partial charge in [0.1, 0.15) is 24.2 Å². The zero-order chi connectivity index (χ0) is 16.7. The SMILES string of the molecule is C[n+]1ccc2ccn(Cc3ccc(C(N)=NC4CC4)cc3F)c2c1. The van der Waals surface area contributed by atoms with Gasteiger partial charge in [-0.15, -0.1) is 0 Å². The third-order valence-corrected chi connectivity index (χ3v) is 4.41. The van der Waals surface area contributed by atoms with Crippen molar-refractivity contribution in [2.24, 2.45) is 17.8 Å². The van der Waals surface area contributed by atoms with E-state index in [1.165, 1.54) is 6.07 Å². The van der Waals surface area contributed by atoms with E-state index < -0.39 is 0 Å². The second kappa shape index (κ2) is 5.74. The molecule has 2 N–H and O–H groups in total. The van der Waals surface area contributed by atoms with Gasteiger partial charge >= 0.3 is 0 Å². The van der Waals surface area contributed by atoms with Gasteiger partial charge in [-0.05, 0) is 25.0 Å². The molecule has 1 aliphatic rings. The van der Waals surface area contributed by atoms with Crippen molar-refractivity contribution in [2.45, 2.75) is 25.4 Å². The molecule has 0 amide bonds. The van der Waals surface area contributed by atoms with E-state index in [9.17, 15) is 4.39 Å². The van der Waals surface area contributed by atoms with E-state index in [0.29, 0.717) is 29.5 Å². The van der Waals surface area contributed by atoms with Crippen LogP contribution in [0.2, 0.25) is 0 Å². The van der Waals surface area contributed by atoms with Crippen LogP contribution >= 0.6 is 0 Å². The fourth-order valence-electron chi connectivity index (χ4n) is 2.86. The number of aryl methyl sites for hydroxylation is 1. The minimum atomic E-state index is -0.247. The molecule has 1 aromatic carbocycles. The van der Waals surface area contributed by atoms with Crippen LogP contribution in [0.15, 0.2) is 53.9 Å². The van der Waals surface area contributed by atoms with E-state index >= 15 is 0 Å². The molecule has 4 rings (SSSR count). The summed E-state index contributed by atoms with van der Waals surface area (Å²) in [7, 11) is 1.98. The van der Waals surface area contributed by atoms with Gasteiger partial charge < -0.3 is 10.3 Å². The Morgan fingerprint density at radius 3 is 2.92 bits per heavy atom. The molecule has 1 aliphatic carbocycles. The van der Waals surface area contributed by atoms with Crippen molar-refractivity contribution in [1.29, 1.82) is 0 Å². The Bertz CT molecular complexity index is 938. The second-order valence-corrected chi connectivity index (χ2v) is 6.45. The number of nitrogens with two attached hydrogens (primary N) is 1. The third kappa shape index (κ3) is 2.89. The maximum absolute atomic E-state index is 14.5. The molecule has 0 radical (unpaired) electrons. The first-order valence-corrected chi connectivity index (χ1v) is 8.16. The number of fused-ring (bicyclic) bond motifs is 1. The first-order chi connectivity index (χ1) is 11.6. The molecule has 1 saturated carbocycles. The largest absolute Gasteiger partial charge is 0.383 e. The van der Waals surface area contributed by atoms with Gasteiger partial charge in [0, 0.05) is 28.8 Å². The quantitative estimate of drug-likeness (QED) is 0.448. The van der Waals surface area contributed by atoms with Crippen LogP contribution in [0.5, 0.6) is 0 Å². The fraction of sp³-hybridized carbons (Fsp3) is 0.263. The molecule has 0 bridgehead atoms. The first-order valence-electron chi connectivity index (χ1n) is 8.16. The molecule has 0 spiro atoms. The van der Waals surface area contributed by atoms with Crippen molar-refractivity contribution in [3.05, 3.63) is 65.9 Å². The van der Waals surface area contributed by atoms with Crippen LogP contribution in [-0.2, 0) is 13.6 Å². The number of hydrogen-bond acceptors (Lipinski definition) is 1. The van der Waals surface area contributed by atoms with Crippen LogP contribution in [0.1, 0.15) is 24.0 Å². The highest BCUT2D eigenvalue weighted by atomic mass is 19.1. The minimum absolute atomic E-state index is 0.247. The number of hydrogen-bond donors (Lipinski definition) is 1. The van der Waals surface area contributed by atoms with E-state index in [0.717, 1.165) is 23.7 Å². The van der Waals surface area contributed by atoms with Gasteiger partial charge in [-0.3, -0.25) is 4.99 Å². The van der Waals surface area contributed by atoms with Gasteiger partial charge in [-0.2, -0.15) is 0 Å². The van der Waals surface area contributed by atoms with E-state index in [1.807, 2.05) is 42.3 Å². The predicted octanol–water partition coefficient (Wildman–Crippen LogP) is 2.52. The third-order valence-electron chi connectivity index (χ3n) is 4.41. The number of pyridine rings is 1. The molecule has 2 aromatic heterocycles. The molecule has 122 valence electrons. The first kappa shape index (κ1) is 14.9. The summed E-state index contributed by atoms with van der Waals surface area (Å²) >= 11 is 0. The van der Waals surface area contributed by atoms with Crippen LogP contribution in [0, 0.1) is 5.82 Å². The van der Waals surface area contributed by atoms with Gasteiger partial charge in [0.15, 0.2) is 12.4 Å². The lowest BCUT2D eigenvalue weighted by Gasteiger charge is -2.08. The topological polar surface area (TPSA) is 47.2 Å². The molecule has 0 unspecified atom stereocenters. The van der Waals surface area contributed by atoms with E-state index in [4.69, 9.17) is 5.73 Å². The summed E-state index contributed by atoms with van der Waals surface area (Å²) < 4.78 is 18.5. The van der Waals surface area contributed by atoms with Crippen LogP contribution in [-0.4, -0.2) is 16.4 Å². The van der Waals surface area contributed by atoms with Gasteiger partial charge in [-0.25, -0.2) is 8.96 Å². The highest BCUT2D eigenvalue weighted by molar-refractivity contribution is 5.97. The zero-order valence-electron chi connectivity index (χ0n) is 13.6. The predicted molar refractivity (Wildman–Crippen MR) is 92.4 cm³/mol. The van der Waals surface area contributed by atoms with E-state index in [2.05, 4.69) is 15.6 Å². The number of aromatic nitrogens is 2. The lowest BCUT2D eigenvalue weighted by atomic mass is 10.1. The minimum Gasteiger partial charge on any atom is -0.383 e. The number of halogens is 1. The Hall–Kier alpha value is -2.69. The summed E-state index contributed by atoms with van der Waals surface area (Å²) in [5.41, 5.74) is 8.34. The summed E-state index contributed by atoms with van der Waals surface area (Å²) in [4.78, 5) is 4.38. The van der Waals surface area contributed by atoms with Gasteiger partial charge in [0.2, 0.25) is 0 Å². The molecule has 0 saturated heterocycles. The standard InChI is InChI=1S/C19H20FN4/c1-23-8-6-13-7-9-24(18(13)12-23)11-15-3-2-14(10-17(15)20)19(21)22-16-4-5-16/h2-3,6-10,12,16H,4-5,11H2,1H3,(H2,21,22)/q+1. The normalized spacial score (nSPS) is 15.2. The van der Waals surface area contributed by atoms with E-state index in [1.54, 1.807) is 6.07 Å². The Labute approximate surface area is 140 Å². The van der Waals surface area contributed by atoms with Crippen molar-refractivity contribution in [3.8, 4) is 0 Å². The fourth-order valence-corrected chi connectivity index (χ4v) is 2.86. The van der Waals surface area contributed by atoms with Crippen molar-refractivity contribution in [1.82, 2.24) is 4.57 Å². The molecule has 0 aliphatic heterocycles. The van der Waals surface area contributed by atoms with Crippen LogP contribution in [0.25, 0.3) is 10.9 Å². The number of rotatable bonds is 4. The van der Waals surface area contributed by atoms with Gasteiger partial charge in [0.05, 0.1) is 12.6 Å². The van der Waals surface area contributed by atoms with Crippen molar-refractivity contribution in [3.63, 3.8) is 0 Å². The highest BCUT2D eigenvalue weighted by Crippen LogP contribution is 2.24. The summed E-state index contributed by atoms with van der Waals surface area (Å²) in [6.45, 7) is 0.485. The molecule has 1 fully saturated rings. The Kier molecular flexibility index (Phi) is 3.56. The number of aliphatic imine (C=N–C) groups is 1. The second-order valence-electron chi connectivity index (χ2n) is 6.45. The lowest BCUT2D eigenvalue weighted by molar-refractivity contribution is -0.670. The molecule has 24 heavy (non-hydrogen) atoms. The lowest BCUT2D eigenvalue weighted by Crippen LogP contribution is -2.26. The molecule has 2 heterocycles. The van der Waals surface area contributed by atoms with Crippen molar-refractivity contribution < 1.29 is 8.96 Å². The number of nitrogens with zero attached hydrogens (tertiary/aromatic N) is 3. The van der Waals surface area contributed by atoms with Crippen molar-refractivity contribution >= 4 is 16.7 Å². The molecule has 5 heteroatoms. The van der Waals surface area contributed by atoms with Crippen LogP contribution < -0.4 is 10.3 Å². The average Bonchev–Trinajstić information content (AvgIpc) is 3.29. The maximum atomic E-state index is 14.5. The van der Waals surface area contributed by atoms with Gasteiger partial charge in [0.25, 0.3) is 0 Å². The molecule has 3 aromatic rings. The highest BCUT2D eigenvalue weighted by Gasteiger charge is 2.21.